The number of nitrogen functional groups attached to an aromatic ring is 1. The third-order valence-corrected chi connectivity index (χ3v) is 2.51. The number of aromatic nitrogens is 2. The number of nitrogens with one attached hydrogen (secondary N) is 1. The molecule has 7 heteroatoms. The first kappa shape index (κ1) is 11.2. The third-order valence-electron chi connectivity index (χ3n) is 2.51. The molecule has 2 rings (SSSR count). The van der Waals surface area contributed by atoms with E-state index in [1.54, 1.807) is 6.07 Å². The number of carbonyl (C=O) groups is 1. The summed E-state index contributed by atoms with van der Waals surface area (Å²) in [7, 11) is 0. The zero-order valence-electron chi connectivity index (χ0n) is 8.75. The summed E-state index contributed by atoms with van der Waals surface area (Å²) in [6.45, 7) is -0.660. The Labute approximate surface area is 95.1 Å². The molecule has 7 nitrogen and oxygen atoms in total. The molecule has 0 aliphatic heterocycles. The summed E-state index contributed by atoms with van der Waals surface area (Å²) in [5.41, 5.74) is 6.26. The number of imidazole rings is 1. The molecule has 0 amide bonds. The first-order valence-corrected chi connectivity index (χ1v) is 4.88. The van der Waals surface area contributed by atoms with Gasteiger partial charge in [-0.3, -0.25) is 4.57 Å². The lowest BCUT2D eigenvalue weighted by Crippen LogP contribution is -2.30. The summed E-state index contributed by atoms with van der Waals surface area (Å²) in [4.78, 5) is 25.1. The van der Waals surface area contributed by atoms with Crippen LogP contribution in [0.4, 0.5) is 5.69 Å². The zero-order valence-corrected chi connectivity index (χ0v) is 8.75. The van der Waals surface area contributed by atoms with Crippen LogP contribution in [0.2, 0.25) is 0 Å². The Bertz CT molecular complexity index is 628. The van der Waals surface area contributed by atoms with Crippen LogP contribution >= 0.6 is 0 Å². The topological polar surface area (TPSA) is 121 Å². The number of fused-ring (bicyclic) bond motifs is 1. The van der Waals surface area contributed by atoms with Gasteiger partial charge in [-0.15, -0.1) is 0 Å². The van der Waals surface area contributed by atoms with E-state index in [0.717, 1.165) is 4.57 Å². The predicted molar refractivity (Wildman–Crippen MR) is 60.7 cm³/mol. The molecule has 0 saturated carbocycles. The number of aliphatic hydroxyl groups is 1. The highest BCUT2D eigenvalue weighted by Gasteiger charge is 2.22. The summed E-state index contributed by atoms with van der Waals surface area (Å²) < 4.78 is 0.997. The zero-order chi connectivity index (χ0) is 12.6. The Morgan fingerprint density at radius 2 is 2.24 bits per heavy atom. The van der Waals surface area contributed by atoms with E-state index in [1.165, 1.54) is 12.1 Å². The second-order valence-electron chi connectivity index (χ2n) is 3.61. The number of hydrogen-bond donors (Lipinski definition) is 4. The van der Waals surface area contributed by atoms with Crippen LogP contribution in [-0.4, -0.2) is 32.3 Å². The first-order valence-electron chi connectivity index (χ1n) is 4.88. The van der Waals surface area contributed by atoms with E-state index >= 15 is 0 Å². The van der Waals surface area contributed by atoms with Gasteiger partial charge in [0.15, 0.2) is 6.04 Å². The number of aliphatic carboxylic acids is 1. The molecule has 0 radical (unpaired) electrons. The molecular formula is C10H11N3O4. The Morgan fingerprint density at radius 1 is 1.53 bits per heavy atom. The van der Waals surface area contributed by atoms with E-state index in [9.17, 15) is 9.59 Å². The van der Waals surface area contributed by atoms with Gasteiger partial charge in [-0.1, -0.05) is 0 Å². The molecule has 1 heterocycles. The van der Waals surface area contributed by atoms with E-state index < -0.39 is 24.3 Å². The van der Waals surface area contributed by atoms with Crippen molar-refractivity contribution in [2.24, 2.45) is 0 Å². The Hall–Kier alpha value is -2.28. The maximum atomic E-state index is 11.6. The molecule has 0 saturated heterocycles. The number of rotatable bonds is 3. The summed E-state index contributed by atoms with van der Waals surface area (Å²) in [6.07, 6.45) is 0. The largest absolute Gasteiger partial charge is 0.480 e. The lowest BCUT2D eigenvalue weighted by Gasteiger charge is -2.10. The second kappa shape index (κ2) is 3.95. The van der Waals surface area contributed by atoms with Gasteiger partial charge in [0.05, 0.1) is 17.6 Å². The smallest absolute Gasteiger partial charge is 0.329 e. The third kappa shape index (κ3) is 1.76. The number of carboxylic acid groups (broad SMARTS) is 1. The van der Waals surface area contributed by atoms with Crippen LogP contribution in [0.25, 0.3) is 11.0 Å². The van der Waals surface area contributed by atoms with Crippen molar-refractivity contribution in [1.82, 2.24) is 9.55 Å². The summed E-state index contributed by atoms with van der Waals surface area (Å²) in [6, 6.07) is 3.32. The Balaban J connectivity index is 2.72. The van der Waals surface area contributed by atoms with E-state index in [2.05, 4.69) is 4.98 Å². The van der Waals surface area contributed by atoms with Crippen LogP contribution in [0.3, 0.4) is 0 Å². The average Bonchev–Trinajstić information content (AvgIpc) is 2.55. The van der Waals surface area contributed by atoms with Gasteiger partial charge in [0.1, 0.15) is 0 Å². The Kier molecular flexibility index (Phi) is 2.60. The minimum absolute atomic E-state index is 0.394. The normalized spacial score (nSPS) is 12.8. The van der Waals surface area contributed by atoms with Gasteiger partial charge in [-0.05, 0) is 18.2 Å². The Morgan fingerprint density at radius 3 is 2.82 bits per heavy atom. The lowest BCUT2D eigenvalue weighted by molar-refractivity contribution is -0.142. The van der Waals surface area contributed by atoms with Crippen LogP contribution in [-0.2, 0) is 4.79 Å². The fraction of sp³-hybridized carbons (Fsp3) is 0.200. The molecule has 1 aromatic heterocycles. The molecule has 0 bridgehead atoms. The second-order valence-corrected chi connectivity index (χ2v) is 3.61. The minimum Gasteiger partial charge on any atom is -0.480 e. The molecule has 17 heavy (non-hydrogen) atoms. The SMILES string of the molecule is Nc1ccc2c(c1)[nH]c(=O)n2C(CO)C(=O)O. The summed E-state index contributed by atoms with van der Waals surface area (Å²) in [5, 5.41) is 18.0. The minimum atomic E-state index is -1.31. The van der Waals surface area contributed by atoms with Gasteiger partial charge < -0.3 is 20.9 Å². The molecule has 90 valence electrons. The quantitative estimate of drug-likeness (QED) is 0.538. The molecule has 0 aliphatic carbocycles. The number of aromatic amines is 1. The highest BCUT2D eigenvalue weighted by molar-refractivity contribution is 5.82. The monoisotopic (exact) mass is 237 g/mol. The van der Waals surface area contributed by atoms with Crippen molar-refractivity contribution in [1.29, 1.82) is 0 Å². The molecule has 1 atom stereocenters. The molecule has 1 aromatic carbocycles. The van der Waals surface area contributed by atoms with Gasteiger partial charge in [0, 0.05) is 5.69 Å². The van der Waals surface area contributed by atoms with Gasteiger partial charge in [-0.25, -0.2) is 9.59 Å². The number of aliphatic hydroxyl groups excluding tert-OH is 1. The number of carboxylic acids is 1. The number of nitrogens with two attached hydrogens (primary N) is 1. The first-order chi connectivity index (χ1) is 8.04. The fourth-order valence-electron chi connectivity index (χ4n) is 1.73. The summed E-state index contributed by atoms with van der Waals surface area (Å²) in [5.74, 6) is -1.27. The molecule has 2 aromatic rings. The molecule has 5 N–H and O–H groups in total. The average molecular weight is 237 g/mol. The van der Waals surface area contributed by atoms with Crippen molar-refractivity contribution in [3.05, 3.63) is 28.7 Å². The standard InChI is InChI=1S/C10H11N3O4/c11-5-1-2-7-6(3-5)12-10(17)13(7)8(4-14)9(15)16/h1-3,8,14H,4,11H2,(H,12,17)(H,15,16). The van der Waals surface area contributed by atoms with E-state index in [-0.39, 0.29) is 0 Å². The number of H-pyrrole nitrogens is 1. The van der Waals surface area contributed by atoms with E-state index in [0.29, 0.717) is 16.7 Å². The molecule has 0 spiro atoms. The fourth-order valence-corrected chi connectivity index (χ4v) is 1.73. The predicted octanol–water partition coefficient (Wildman–Crippen LogP) is -0.470. The summed E-state index contributed by atoms with van der Waals surface area (Å²) >= 11 is 0. The van der Waals surface area contributed by atoms with E-state index in [4.69, 9.17) is 15.9 Å². The molecular weight excluding hydrogens is 226 g/mol. The van der Waals surface area contributed by atoms with Crippen molar-refractivity contribution in [3.63, 3.8) is 0 Å². The van der Waals surface area contributed by atoms with Crippen LogP contribution in [0.5, 0.6) is 0 Å². The molecule has 1 unspecified atom stereocenters. The highest BCUT2D eigenvalue weighted by atomic mass is 16.4. The number of hydrogen-bond acceptors (Lipinski definition) is 4. The van der Waals surface area contributed by atoms with Gasteiger partial charge in [0.2, 0.25) is 0 Å². The maximum Gasteiger partial charge on any atom is 0.329 e. The van der Waals surface area contributed by atoms with Crippen molar-refractivity contribution < 1.29 is 15.0 Å². The van der Waals surface area contributed by atoms with Crippen LogP contribution in [0.15, 0.2) is 23.0 Å². The van der Waals surface area contributed by atoms with Crippen LogP contribution in [0, 0.1) is 0 Å². The van der Waals surface area contributed by atoms with Crippen LogP contribution < -0.4 is 11.4 Å². The molecule has 0 fully saturated rings. The number of benzene rings is 1. The highest BCUT2D eigenvalue weighted by Crippen LogP contribution is 2.17. The number of nitrogens with zero attached hydrogens (tertiary/aromatic N) is 1. The van der Waals surface area contributed by atoms with Gasteiger partial charge in [0.25, 0.3) is 0 Å². The van der Waals surface area contributed by atoms with Crippen molar-refractivity contribution >= 4 is 22.7 Å². The van der Waals surface area contributed by atoms with E-state index in [1.807, 2.05) is 0 Å². The van der Waals surface area contributed by atoms with Gasteiger partial charge >= 0.3 is 11.7 Å². The van der Waals surface area contributed by atoms with Crippen molar-refractivity contribution in [3.8, 4) is 0 Å². The van der Waals surface area contributed by atoms with Crippen molar-refractivity contribution in [2.75, 3.05) is 12.3 Å². The van der Waals surface area contributed by atoms with Gasteiger partial charge in [-0.2, -0.15) is 0 Å². The maximum absolute atomic E-state index is 11.6. The number of anilines is 1. The lowest BCUT2D eigenvalue weighted by atomic mass is 10.2. The molecule has 0 aliphatic rings. The van der Waals surface area contributed by atoms with Crippen LogP contribution in [0.1, 0.15) is 6.04 Å². The van der Waals surface area contributed by atoms with Crippen molar-refractivity contribution in [2.45, 2.75) is 6.04 Å².